The summed E-state index contributed by atoms with van der Waals surface area (Å²) in [5, 5.41) is 7.21. The van der Waals surface area contributed by atoms with Gasteiger partial charge in [-0.3, -0.25) is 0 Å². The van der Waals surface area contributed by atoms with Gasteiger partial charge in [0.05, 0.1) is 0 Å². The maximum absolute atomic E-state index is 2.48. The molecule has 0 nitrogen and oxygen atoms in total. The Bertz CT molecular complexity index is 1270. The molecule has 0 spiro atoms. The summed E-state index contributed by atoms with van der Waals surface area (Å²) in [5.74, 6) is 0. The second-order valence-electron chi connectivity index (χ2n) is 7.38. The van der Waals surface area contributed by atoms with Gasteiger partial charge in [0.25, 0.3) is 0 Å². The molecule has 3 aromatic carbocycles. The minimum atomic E-state index is 1.08. The number of thiophene rings is 2. The molecule has 0 saturated carbocycles. The van der Waals surface area contributed by atoms with Crippen LogP contribution in [-0.4, -0.2) is 0 Å². The second-order valence-corrected chi connectivity index (χ2v) is 9.21. The molecule has 0 fully saturated rings. The predicted molar refractivity (Wildman–Crippen MR) is 114 cm³/mol. The Morgan fingerprint density at radius 3 is 1.54 bits per heavy atom. The Hall–Kier alpha value is -2.42. The van der Waals surface area contributed by atoms with E-state index in [1.807, 2.05) is 22.7 Å². The van der Waals surface area contributed by atoms with Crippen molar-refractivity contribution in [3.05, 3.63) is 81.5 Å². The van der Waals surface area contributed by atoms with E-state index in [1.54, 1.807) is 0 Å². The molecular weight excluding hydrogens is 352 g/mol. The molecule has 2 aromatic heterocycles. The van der Waals surface area contributed by atoms with Gasteiger partial charge in [0.1, 0.15) is 0 Å². The standard InChI is InChI=1S/C24H14S2/c1-3-17-19-9-16-12-22-18(4-2-14-6-8-26-24(14)22)20(16)10-15(19)11-21(17)23-13(1)5-7-25-23/h1-10H,11-12H2. The Morgan fingerprint density at radius 1 is 0.538 bits per heavy atom. The summed E-state index contributed by atoms with van der Waals surface area (Å²) >= 11 is 3.77. The molecule has 5 aromatic rings. The van der Waals surface area contributed by atoms with E-state index in [0.717, 1.165) is 12.8 Å². The van der Waals surface area contributed by atoms with Crippen LogP contribution >= 0.6 is 22.7 Å². The fourth-order valence-electron chi connectivity index (χ4n) is 4.90. The lowest BCUT2D eigenvalue weighted by atomic mass is 9.98. The third-order valence-electron chi connectivity index (χ3n) is 6.09. The molecule has 2 aliphatic rings. The van der Waals surface area contributed by atoms with Crippen LogP contribution in [0.5, 0.6) is 0 Å². The van der Waals surface area contributed by atoms with Crippen molar-refractivity contribution in [1.82, 2.24) is 0 Å². The Balaban J connectivity index is 1.47. The van der Waals surface area contributed by atoms with Crippen LogP contribution in [0.25, 0.3) is 42.4 Å². The molecule has 0 atom stereocenters. The topological polar surface area (TPSA) is 0 Å². The van der Waals surface area contributed by atoms with Gasteiger partial charge < -0.3 is 0 Å². The molecule has 0 amide bonds. The minimum absolute atomic E-state index is 1.08. The molecule has 7 rings (SSSR count). The zero-order chi connectivity index (χ0) is 16.8. The first-order valence-electron chi connectivity index (χ1n) is 9.01. The summed E-state index contributed by atoms with van der Waals surface area (Å²) in [7, 11) is 0. The normalized spacial score (nSPS) is 13.8. The average molecular weight is 367 g/mol. The highest BCUT2D eigenvalue weighted by Gasteiger charge is 2.27. The molecule has 122 valence electrons. The zero-order valence-electron chi connectivity index (χ0n) is 14.0. The average Bonchev–Trinajstić information content (AvgIpc) is 3.41. The lowest BCUT2D eigenvalue weighted by Gasteiger charge is -2.06. The lowest BCUT2D eigenvalue weighted by molar-refractivity contribution is 1.26. The van der Waals surface area contributed by atoms with Crippen molar-refractivity contribution in [3.63, 3.8) is 0 Å². The van der Waals surface area contributed by atoms with Gasteiger partial charge in [-0.2, -0.15) is 0 Å². The van der Waals surface area contributed by atoms with Crippen molar-refractivity contribution in [1.29, 1.82) is 0 Å². The van der Waals surface area contributed by atoms with E-state index in [2.05, 4.69) is 59.3 Å². The van der Waals surface area contributed by atoms with Gasteiger partial charge in [0.2, 0.25) is 0 Å². The highest BCUT2D eigenvalue weighted by Crippen LogP contribution is 2.48. The molecule has 2 heterocycles. The van der Waals surface area contributed by atoms with Crippen LogP contribution in [0, 0.1) is 0 Å². The largest absolute Gasteiger partial charge is 0.143 e. The van der Waals surface area contributed by atoms with Crippen LogP contribution in [0.4, 0.5) is 0 Å². The van der Waals surface area contributed by atoms with E-state index in [4.69, 9.17) is 0 Å². The first kappa shape index (κ1) is 13.7. The summed E-state index contributed by atoms with van der Waals surface area (Å²) in [6.07, 6.45) is 2.15. The summed E-state index contributed by atoms with van der Waals surface area (Å²) in [5.41, 5.74) is 11.9. The van der Waals surface area contributed by atoms with E-state index >= 15 is 0 Å². The molecule has 0 saturated heterocycles. The van der Waals surface area contributed by atoms with E-state index in [1.165, 1.54) is 64.7 Å². The fraction of sp³-hybridized carbons (Fsp3) is 0.0833. The lowest BCUT2D eigenvalue weighted by Crippen LogP contribution is -1.85. The van der Waals surface area contributed by atoms with Crippen molar-refractivity contribution in [2.45, 2.75) is 12.8 Å². The van der Waals surface area contributed by atoms with Crippen molar-refractivity contribution in [2.75, 3.05) is 0 Å². The van der Waals surface area contributed by atoms with E-state index < -0.39 is 0 Å². The fourth-order valence-corrected chi connectivity index (χ4v) is 6.80. The number of benzene rings is 3. The summed E-state index contributed by atoms with van der Waals surface area (Å²) in [6.45, 7) is 0. The summed E-state index contributed by atoms with van der Waals surface area (Å²) < 4.78 is 2.94. The van der Waals surface area contributed by atoms with Crippen LogP contribution < -0.4 is 0 Å². The first-order valence-corrected chi connectivity index (χ1v) is 10.8. The van der Waals surface area contributed by atoms with Gasteiger partial charge in [0.15, 0.2) is 0 Å². The third kappa shape index (κ3) is 1.60. The number of fused-ring (bicyclic) bond motifs is 10. The summed E-state index contributed by atoms with van der Waals surface area (Å²) in [4.78, 5) is 0. The SMILES string of the molecule is c1cc2ccc3c(c2s1)Cc1cc2c(cc1-3)Cc1c-2ccc2ccsc12. The van der Waals surface area contributed by atoms with Crippen molar-refractivity contribution in [3.8, 4) is 22.3 Å². The quantitative estimate of drug-likeness (QED) is 0.265. The predicted octanol–water partition coefficient (Wildman–Crippen LogP) is 7.26. The smallest absolute Gasteiger partial charge is 0.0384 e. The number of hydrogen-bond donors (Lipinski definition) is 0. The molecule has 0 radical (unpaired) electrons. The molecule has 26 heavy (non-hydrogen) atoms. The molecular formula is C24H14S2. The minimum Gasteiger partial charge on any atom is -0.143 e. The highest BCUT2D eigenvalue weighted by atomic mass is 32.1. The van der Waals surface area contributed by atoms with Crippen LogP contribution in [0.1, 0.15) is 22.3 Å². The molecule has 0 unspecified atom stereocenters. The molecule has 2 aliphatic carbocycles. The zero-order valence-corrected chi connectivity index (χ0v) is 15.6. The first-order chi connectivity index (χ1) is 12.9. The van der Waals surface area contributed by atoms with Crippen LogP contribution in [0.2, 0.25) is 0 Å². The van der Waals surface area contributed by atoms with Crippen molar-refractivity contribution in [2.24, 2.45) is 0 Å². The van der Waals surface area contributed by atoms with Crippen LogP contribution in [0.15, 0.2) is 59.3 Å². The molecule has 0 bridgehead atoms. The van der Waals surface area contributed by atoms with Gasteiger partial charge in [-0.25, -0.2) is 0 Å². The van der Waals surface area contributed by atoms with Crippen molar-refractivity contribution < 1.29 is 0 Å². The van der Waals surface area contributed by atoms with Gasteiger partial charge in [-0.1, -0.05) is 24.3 Å². The molecule has 2 heteroatoms. The van der Waals surface area contributed by atoms with E-state index in [-0.39, 0.29) is 0 Å². The second kappa shape index (κ2) is 4.64. The monoisotopic (exact) mass is 366 g/mol. The van der Waals surface area contributed by atoms with Gasteiger partial charge in [-0.05, 0) is 90.3 Å². The maximum atomic E-state index is 2.48. The van der Waals surface area contributed by atoms with E-state index in [0.29, 0.717) is 0 Å². The number of hydrogen-bond acceptors (Lipinski definition) is 2. The molecule has 0 N–H and O–H groups in total. The van der Waals surface area contributed by atoms with Gasteiger partial charge in [-0.15, -0.1) is 22.7 Å². The Kier molecular flexibility index (Phi) is 2.45. The van der Waals surface area contributed by atoms with Gasteiger partial charge in [0, 0.05) is 22.2 Å². The summed E-state index contributed by atoms with van der Waals surface area (Å²) in [6, 6.07) is 18.7. The number of rotatable bonds is 0. The van der Waals surface area contributed by atoms with Crippen molar-refractivity contribution >= 4 is 42.8 Å². The molecule has 0 aliphatic heterocycles. The Morgan fingerprint density at radius 2 is 1.04 bits per heavy atom. The Labute approximate surface area is 159 Å². The van der Waals surface area contributed by atoms with Gasteiger partial charge >= 0.3 is 0 Å². The third-order valence-corrected chi connectivity index (χ3v) is 8.07. The van der Waals surface area contributed by atoms with Crippen LogP contribution in [0.3, 0.4) is 0 Å². The maximum Gasteiger partial charge on any atom is 0.0384 e. The van der Waals surface area contributed by atoms with E-state index in [9.17, 15) is 0 Å². The highest BCUT2D eigenvalue weighted by molar-refractivity contribution is 7.17. The van der Waals surface area contributed by atoms with Crippen LogP contribution in [-0.2, 0) is 12.8 Å².